The van der Waals surface area contributed by atoms with E-state index in [1.807, 2.05) is 0 Å². The molecule has 0 unspecified atom stereocenters. The summed E-state index contributed by atoms with van der Waals surface area (Å²) in [7, 11) is -4.46. The first-order valence-corrected chi connectivity index (χ1v) is 15.3. The molecule has 0 fully saturated rings. The van der Waals surface area contributed by atoms with Gasteiger partial charge in [-0.15, -0.1) is 13.2 Å². The number of carbonyl (C=O) groups is 2. The molecule has 44 heavy (non-hydrogen) atoms. The molecule has 0 bridgehead atoms. The molecule has 2 amide bonds. The zero-order valence-corrected chi connectivity index (χ0v) is 25.9. The number of imidazole rings is 1. The van der Waals surface area contributed by atoms with Crippen LogP contribution in [-0.4, -0.2) is 59.4 Å². The summed E-state index contributed by atoms with van der Waals surface area (Å²) in [5.74, 6) is -1.74. The molecule has 17 heteroatoms. The average Bonchev–Trinajstić information content (AvgIpc) is 3.42. The third-order valence-corrected chi connectivity index (χ3v) is 8.35. The number of benzene rings is 2. The molecule has 238 valence electrons. The topological polar surface area (TPSA) is 143 Å². The van der Waals surface area contributed by atoms with Crippen LogP contribution in [0, 0.1) is 0 Å². The van der Waals surface area contributed by atoms with Gasteiger partial charge < -0.3 is 15.2 Å². The first-order valence-electron chi connectivity index (χ1n) is 13.0. The molecule has 4 rings (SSSR count). The summed E-state index contributed by atoms with van der Waals surface area (Å²) in [4.78, 5) is 31.7. The molecular formula is C27H28Cl2F3N5O6S. The lowest BCUT2D eigenvalue weighted by Gasteiger charge is -2.20. The standard InChI is InChI=1S/C27H28Cl2F3N5O6S/c1-15(23(38)34-14-26(2,3)40)35-44(41,42)22-12-33-25-36(13-17-8-18(28)11-19(29)9-17)24(39)21(37(22)25)10-16-4-6-20(7-5-16)43-27(30,31)32/h4-9,11-12,15,21,35,40H,10,13-14H2,1-3H3,(H,34,38)/t15-,21+/m0/s1. The summed E-state index contributed by atoms with van der Waals surface area (Å²) in [5, 5.41) is 12.5. The number of rotatable bonds is 11. The minimum Gasteiger partial charge on any atom is -0.406 e. The van der Waals surface area contributed by atoms with E-state index < -0.39 is 56.7 Å². The van der Waals surface area contributed by atoms with Gasteiger partial charge in [0.15, 0.2) is 5.03 Å². The number of carbonyl (C=O) groups excluding carboxylic acids is 2. The van der Waals surface area contributed by atoms with Crippen LogP contribution in [0.1, 0.15) is 37.9 Å². The van der Waals surface area contributed by atoms with Crippen molar-refractivity contribution in [3.63, 3.8) is 0 Å². The second kappa shape index (κ2) is 12.6. The lowest BCUT2D eigenvalue weighted by Crippen LogP contribution is -2.48. The van der Waals surface area contributed by atoms with Crippen molar-refractivity contribution >= 4 is 51.0 Å². The van der Waals surface area contributed by atoms with Crippen LogP contribution in [0.2, 0.25) is 10.0 Å². The van der Waals surface area contributed by atoms with Crippen LogP contribution in [0.4, 0.5) is 19.1 Å². The molecule has 1 aliphatic heterocycles. The number of hydrogen-bond donors (Lipinski definition) is 3. The highest BCUT2D eigenvalue weighted by Crippen LogP contribution is 2.37. The van der Waals surface area contributed by atoms with Crippen molar-refractivity contribution < 1.29 is 41.0 Å². The van der Waals surface area contributed by atoms with Gasteiger partial charge in [0.1, 0.15) is 11.8 Å². The highest BCUT2D eigenvalue weighted by atomic mass is 35.5. The highest BCUT2D eigenvalue weighted by Gasteiger charge is 2.43. The molecule has 0 saturated heterocycles. The molecule has 2 heterocycles. The molecule has 11 nitrogen and oxygen atoms in total. The summed E-state index contributed by atoms with van der Waals surface area (Å²) in [6.07, 6.45) is -3.97. The van der Waals surface area contributed by atoms with E-state index in [2.05, 4.69) is 19.8 Å². The van der Waals surface area contributed by atoms with Crippen LogP contribution >= 0.6 is 23.2 Å². The summed E-state index contributed by atoms with van der Waals surface area (Å²) in [6.45, 7) is 4.03. The lowest BCUT2D eigenvalue weighted by molar-refractivity contribution is -0.274. The Morgan fingerprint density at radius 3 is 2.30 bits per heavy atom. The van der Waals surface area contributed by atoms with Crippen molar-refractivity contribution in [3.8, 4) is 5.75 Å². The molecule has 0 saturated carbocycles. The van der Waals surface area contributed by atoms with Crippen molar-refractivity contribution in [2.45, 2.75) is 62.8 Å². The molecule has 1 aliphatic rings. The van der Waals surface area contributed by atoms with E-state index in [4.69, 9.17) is 23.2 Å². The Balaban J connectivity index is 1.67. The summed E-state index contributed by atoms with van der Waals surface area (Å²) < 4.78 is 72.2. The van der Waals surface area contributed by atoms with Crippen LogP contribution in [-0.2, 0) is 32.6 Å². The van der Waals surface area contributed by atoms with E-state index in [1.165, 1.54) is 48.4 Å². The number of amides is 2. The second-order valence-electron chi connectivity index (χ2n) is 10.8. The third-order valence-electron chi connectivity index (χ3n) is 6.39. The van der Waals surface area contributed by atoms with Crippen molar-refractivity contribution in [2.75, 3.05) is 11.4 Å². The maximum atomic E-state index is 13.8. The number of hydrogen-bond acceptors (Lipinski definition) is 7. The van der Waals surface area contributed by atoms with E-state index >= 15 is 0 Å². The monoisotopic (exact) mass is 677 g/mol. The van der Waals surface area contributed by atoms with E-state index in [0.29, 0.717) is 21.2 Å². The van der Waals surface area contributed by atoms with Gasteiger partial charge in [-0.1, -0.05) is 35.3 Å². The zero-order valence-electron chi connectivity index (χ0n) is 23.5. The maximum absolute atomic E-state index is 13.8. The van der Waals surface area contributed by atoms with Crippen molar-refractivity contribution in [2.24, 2.45) is 0 Å². The van der Waals surface area contributed by atoms with Crippen LogP contribution in [0.15, 0.2) is 53.7 Å². The minimum absolute atomic E-state index is 0.0207. The quantitative estimate of drug-likeness (QED) is 0.279. The number of halogens is 5. The number of nitrogens with one attached hydrogen (secondary N) is 2. The van der Waals surface area contributed by atoms with Crippen LogP contribution < -0.4 is 19.7 Å². The Kier molecular flexibility index (Phi) is 9.57. The van der Waals surface area contributed by atoms with Gasteiger partial charge in [-0.2, -0.15) is 4.72 Å². The van der Waals surface area contributed by atoms with E-state index in [9.17, 15) is 36.3 Å². The number of ether oxygens (including phenoxy) is 1. The Hall–Kier alpha value is -3.37. The van der Waals surface area contributed by atoms with Gasteiger partial charge >= 0.3 is 6.36 Å². The Morgan fingerprint density at radius 2 is 1.73 bits per heavy atom. The van der Waals surface area contributed by atoms with Gasteiger partial charge in [-0.05, 0) is 62.2 Å². The summed E-state index contributed by atoms with van der Waals surface area (Å²) in [5.41, 5.74) is -0.304. The second-order valence-corrected chi connectivity index (χ2v) is 13.3. The Bertz CT molecular complexity index is 1640. The number of fused-ring (bicyclic) bond motifs is 1. The van der Waals surface area contributed by atoms with Gasteiger partial charge in [0.25, 0.3) is 15.9 Å². The van der Waals surface area contributed by atoms with Crippen LogP contribution in [0.25, 0.3) is 0 Å². The number of anilines is 1. The molecule has 0 aliphatic carbocycles. The van der Waals surface area contributed by atoms with E-state index in [1.54, 1.807) is 12.1 Å². The molecule has 3 aromatic rings. The summed E-state index contributed by atoms with van der Waals surface area (Å²) >= 11 is 12.2. The molecule has 2 atom stereocenters. The van der Waals surface area contributed by atoms with Gasteiger partial charge in [-0.25, -0.2) is 13.4 Å². The number of sulfonamides is 1. The van der Waals surface area contributed by atoms with Gasteiger partial charge in [0.05, 0.1) is 24.4 Å². The number of aliphatic hydroxyl groups is 1. The Labute approximate surface area is 261 Å². The summed E-state index contributed by atoms with van der Waals surface area (Å²) in [6, 6.07) is 7.02. The average molecular weight is 679 g/mol. The minimum atomic E-state index is -4.89. The van der Waals surface area contributed by atoms with Crippen LogP contribution in [0.5, 0.6) is 5.75 Å². The molecule has 3 N–H and O–H groups in total. The molecular weight excluding hydrogens is 650 g/mol. The molecule has 1 aromatic heterocycles. The Morgan fingerprint density at radius 1 is 1.11 bits per heavy atom. The predicted molar refractivity (Wildman–Crippen MR) is 155 cm³/mol. The first-order chi connectivity index (χ1) is 20.3. The van der Waals surface area contributed by atoms with Crippen molar-refractivity contribution in [3.05, 3.63) is 69.8 Å². The SMILES string of the molecule is C[C@H](NS(=O)(=O)c1cnc2n1[C@H](Cc1ccc(OC(F)(F)F)cc1)C(=O)N2Cc1cc(Cl)cc(Cl)c1)C(=O)NCC(C)(C)O. The van der Waals surface area contributed by atoms with E-state index in [-0.39, 0.29) is 25.5 Å². The van der Waals surface area contributed by atoms with Crippen LogP contribution in [0.3, 0.4) is 0 Å². The molecule has 0 radical (unpaired) electrons. The zero-order chi connectivity index (χ0) is 32.6. The lowest BCUT2D eigenvalue weighted by atomic mass is 10.1. The van der Waals surface area contributed by atoms with E-state index in [0.717, 1.165) is 18.3 Å². The fourth-order valence-electron chi connectivity index (χ4n) is 4.48. The molecule has 0 spiro atoms. The number of nitrogens with zero attached hydrogens (tertiary/aromatic N) is 3. The fourth-order valence-corrected chi connectivity index (χ4v) is 6.41. The number of alkyl halides is 3. The number of aromatic nitrogens is 2. The smallest absolute Gasteiger partial charge is 0.406 e. The largest absolute Gasteiger partial charge is 0.573 e. The highest BCUT2D eigenvalue weighted by molar-refractivity contribution is 7.89. The third kappa shape index (κ3) is 8.21. The van der Waals surface area contributed by atoms with Gasteiger partial charge in [-0.3, -0.25) is 19.1 Å². The van der Waals surface area contributed by atoms with Gasteiger partial charge in [0, 0.05) is 23.0 Å². The predicted octanol–water partition coefficient (Wildman–Crippen LogP) is 3.97. The van der Waals surface area contributed by atoms with Crippen molar-refractivity contribution in [1.29, 1.82) is 0 Å². The van der Waals surface area contributed by atoms with Crippen molar-refractivity contribution in [1.82, 2.24) is 19.6 Å². The molecule has 2 aromatic carbocycles. The maximum Gasteiger partial charge on any atom is 0.573 e. The van der Waals surface area contributed by atoms with Gasteiger partial charge in [0.2, 0.25) is 11.9 Å². The fraction of sp³-hybridized carbons (Fsp3) is 0.370. The normalized spacial score (nSPS) is 16.2. The first kappa shape index (κ1) is 33.5.